The molecule has 0 bridgehead atoms. The van der Waals surface area contributed by atoms with Crippen LogP contribution in [0.25, 0.3) is 0 Å². The lowest BCUT2D eigenvalue weighted by Gasteiger charge is -2.30. The first-order valence-corrected chi connectivity index (χ1v) is 11.5. The summed E-state index contributed by atoms with van der Waals surface area (Å²) in [4.78, 5) is 40.7. The minimum absolute atomic E-state index is 0.00846. The highest BCUT2D eigenvalue weighted by Gasteiger charge is 2.30. The summed E-state index contributed by atoms with van der Waals surface area (Å²) in [5.74, 6) is 1.75. The van der Waals surface area contributed by atoms with Gasteiger partial charge in [0, 0.05) is 52.2 Å². The largest absolute Gasteiger partial charge is 0.383 e. The van der Waals surface area contributed by atoms with Crippen LogP contribution in [0.5, 0.6) is 0 Å². The summed E-state index contributed by atoms with van der Waals surface area (Å²) in [6.45, 7) is 4.14. The first-order valence-electron chi connectivity index (χ1n) is 11.5. The molecule has 3 aliphatic heterocycles. The fourth-order valence-corrected chi connectivity index (χ4v) is 4.87. The van der Waals surface area contributed by atoms with Gasteiger partial charge in [-0.1, -0.05) is 0 Å². The highest BCUT2D eigenvalue weighted by molar-refractivity contribution is 5.98. The molecular weight excluding hydrogens is 406 g/mol. The van der Waals surface area contributed by atoms with E-state index in [-0.39, 0.29) is 11.8 Å². The Kier molecular flexibility index (Phi) is 5.78. The second kappa shape index (κ2) is 8.86. The number of ether oxygens (including phenoxy) is 1. The van der Waals surface area contributed by atoms with Crippen LogP contribution < -0.4 is 4.90 Å². The van der Waals surface area contributed by atoms with E-state index in [2.05, 4.69) is 9.88 Å². The lowest BCUT2D eigenvalue weighted by molar-refractivity contribution is 0.0714. The van der Waals surface area contributed by atoms with Crippen molar-refractivity contribution in [2.75, 3.05) is 44.8 Å². The predicted octanol–water partition coefficient (Wildman–Crippen LogP) is 2.79. The molecule has 1 saturated heterocycles. The molecule has 32 heavy (non-hydrogen) atoms. The molecule has 5 heterocycles. The molecule has 168 valence electrons. The molecule has 0 aliphatic carbocycles. The summed E-state index contributed by atoms with van der Waals surface area (Å²) in [7, 11) is 1.64. The highest BCUT2D eigenvalue weighted by Crippen LogP contribution is 2.33. The molecule has 2 aromatic heterocycles. The van der Waals surface area contributed by atoms with Crippen LogP contribution in [0.3, 0.4) is 0 Å². The number of aromatic nitrogens is 2. The van der Waals surface area contributed by atoms with Crippen LogP contribution in [0.15, 0.2) is 24.5 Å². The minimum Gasteiger partial charge on any atom is -0.383 e. The van der Waals surface area contributed by atoms with Gasteiger partial charge in [0.15, 0.2) is 0 Å². The van der Waals surface area contributed by atoms with E-state index in [0.717, 1.165) is 68.1 Å². The summed E-state index contributed by atoms with van der Waals surface area (Å²) in [5.41, 5.74) is 3.41. The van der Waals surface area contributed by atoms with Crippen LogP contribution in [-0.4, -0.2) is 71.5 Å². The second-order valence-electron chi connectivity index (χ2n) is 8.73. The van der Waals surface area contributed by atoms with Gasteiger partial charge < -0.3 is 19.4 Å². The zero-order valence-electron chi connectivity index (χ0n) is 18.5. The minimum atomic E-state index is 0.00846. The third-order valence-electron chi connectivity index (χ3n) is 6.61. The van der Waals surface area contributed by atoms with Crippen molar-refractivity contribution in [2.24, 2.45) is 0 Å². The number of carbonyl (C=O) groups is 2. The Hall–Kier alpha value is -3.00. The fourth-order valence-electron chi connectivity index (χ4n) is 4.87. The maximum Gasteiger partial charge on any atom is 0.256 e. The van der Waals surface area contributed by atoms with E-state index in [1.54, 1.807) is 24.4 Å². The van der Waals surface area contributed by atoms with Gasteiger partial charge in [0.1, 0.15) is 11.6 Å². The number of piperidine rings is 1. The van der Waals surface area contributed by atoms with Gasteiger partial charge in [0.05, 0.1) is 17.7 Å². The quantitative estimate of drug-likeness (QED) is 0.719. The van der Waals surface area contributed by atoms with Crippen LogP contribution in [0.4, 0.5) is 11.6 Å². The van der Waals surface area contributed by atoms with Gasteiger partial charge in [-0.25, -0.2) is 9.97 Å². The van der Waals surface area contributed by atoms with Crippen molar-refractivity contribution in [3.63, 3.8) is 0 Å². The molecular formula is C24H29N5O3. The van der Waals surface area contributed by atoms with Crippen LogP contribution in [0.2, 0.25) is 0 Å². The van der Waals surface area contributed by atoms with Gasteiger partial charge in [-0.3, -0.25) is 9.59 Å². The van der Waals surface area contributed by atoms with Crippen molar-refractivity contribution in [1.82, 2.24) is 19.8 Å². The lowest BCUT2D eigenvalue weighted by Crippen LogP contribution is -2.36. The van der Waals surface area contributed by atoms with Crippen LogP contribution in [0.1, 0.15) is 57.5 Å². The van der Waals surface area contributed by atoms with E-state index in [1.165, 1.54) is 6.42 Å². The molecule has 0 atom stereocenters. The number of carbonyl (C=O) groups excluding carboxylic acids is 2. The number of fused-ring (bicyclic) bond motifs is 2. The van der Waals surface area contributed by atoms with Gasteiger partial charge in [0.2, 0.25) is 0 Å². The Balaban J connectivity index is 1.38. The predicted molar refractivity (Wildman–Crippen MR) is 120 cm³/mol. The normalized spacial score (nSPS) is 18.0. The smallest absolute Gasteiger partial charge is 0.256 e. The van der Waals surface area contributed by atoms with Crippen molar-refractivity contribution in [2.45, 2.75) is 38.6 Å². The standard InChI is InChI=1S/C24H29N5O3/c1-32-11-10-28-16-19-13-21(25-15-20(19)24(28)31)29-9-5-6-17-12-18(14-26-22(17)29)23(30)27-7-3-2-4-8-27/h12-15H,2-11,16H2,1H3. The number of hydrogen-bond donors (Lipinski definition) is 0. The van der Waals surface area contributed by atoms with Gasteiger partial charge >= 0.3 is 0 Å². The van der Waals surface area contributed by atoms with E-state index in [0.29, 0.717) is 30.8 Å². The van der Waals surface area contributed by atoms with Crippen molar-refractivity contribution >= 4 is 23.5 Å². The van der Waals surface area contributed by atoms with Gasteiger partial charge in [0.25, 0.3) is 11.8 Å². The second-order valence-corrected chi connectivity index (χ2v) is 8.73. The van der Waals surface area contributed by atoms with Crippen molar-refractivity contribution in [1.29, 1.82) is 0 Å². The average Bonchev–Trinajstić information content (AvgIpc) is 3.16. The summed E-state index contributed by atoms with van der Waals surface area (Å²) in [6, 6.07) is 4.01. The number of methoxy groups -OCH3 is 1. The number of hydrogen-bond acceptors (Lipinski definition) is 6. The topological polar surface area (TPSA) is 78.9 Å². The summed E-state index contributed by atoms with van der Waals surface area (Å²) < 4.78 is 5.12. The van der Waals surface area contributed by atoms with E-state index < -0.39 is 0 Å². The Labute approximate surface area is 188 Å². The fraction of sp³-hybridized carbons (Fsp3) is 0.500. The molecule has 5 rings (SSSR count). The SMILES string of the molecule is COCCN1Cc2cc(N3CCCc4cc(C(=O)N5CCCCC5)cnc43)ncc2C1=O. The van der Waals surface area contributed by atoms with Crippen molar-refractivity contribution in [3.8, 4) is 0 Å². The summed E-state index contributed by atoms with van der Waals surface area (Å²) in [5, 5.41) is 0. The molecule has 0 spiro atoms. The van der Waals surface area contributed by atoms with E-state index >= 15 is 0 Å². The lowest BCUT2D eigenvalue weighted by atomic mass is 10.0. The molecule has 3 aliphatic rings. The monoisotopic (exact) mass is 435 g/mol. The molecule has 0 radical (unpaired) electrons. The molecule has 0 saturated carbocycles. The van der Waals surface area contributed by atoms with E-state index in [1.807, 2.05) is 17.0 Å². The summed E-state index contributed by atoms with van der Waals surface area (Å²) in [6.07, 6.45) is 8.60. The van der Waals surface area contributed by atoms with Crippen LogP contribution >= 0.6 is 0 Å². The Morgan fingerprint density at radius 2 is 1.88 bits per heavy atom. The molecule has 0 unspecified atom stereocenters. The molecule has 8 nitrogen and oxygen atoms in total. The number of rotatable bonds is 5. The first-order chi connectivity index (χ1) is 15.7. The van der Waals surface area contributed by atoms with Crippen LogP contribution in [0, 0.1) is 0 Å². The number of aryl methyl sites for hydroxylation is 1. The van der Waals surface area contributed by atoms with Crippen LogP contribution in [-0.2, 0) is 17.7 Å². The number of pyridine rings is 2. The number of amides is 2. The third-order valence-corrected chi connectivity index (χ3v) is 6.61. The average molecular weight is 436 g/mol. The highest BCUT2D eigenvalue weighted by atomic mass is 16.5. The molecule has 0 aromatic carbocycles. The van der Waals surface area contributed by atoms with Gasteiger partial charge in [-0.15, -0.1) is 0 Å². The Bertz CT molecular complexity index is 1030. The van der Waals surface area contributed by atoms with Gasteiger partial charge in [-0.05, 0) is 55.4 Å². The maximum absolute atomic E-state index is 12.9. The zero-order chi connectivity index (χ0) is 22.1. The molecule has 8 heteroatoms. The maximum atomic E-state index is 12.9. The molecule has 1 fully saturated rings. The molecule has 2 aromatic rings. The number of likely N-dealkylation sites (tertiary alicyclic amines) is 1. The Morgan fingerprint density at radius 1 is 1.03 bits per heavy atom. The van der Waals surface area contributed by atoms with Crippen molar-refractivity contribution < 1.29 is 14.3 Å². The molecule has 2 amide bonds. The molecule has 0 N–H and O–H groups in total. The Morgan fingerprint density at radius 3 is 2.69 bits per heavy atom. The summed E-state index contributed by atoms with van der Waals surface area (Å²) >= 11 is 0. The zero-order valence-corrected chi connectivity index (χ0v) is 18.5. The van der Waals surface area contributed by atoms with E-state index in [9.17, 15) is 9.59 Å². The van der Waals surface area contributed by atoms with Crippen molar-refractivity contribution in [3.05, 3.63) is 46.8 Å². The first kappa shape index (κ1) is 20.9. The number of anilines is 2. The number of nitrogens with zero attached hydrogens (tertiary/aromatic N) is 5. The third kappa shape index (κ3) is 3.83. The van der Waals surface area contributed by atoms with Gasteiger partial charge in [-0.2, -0.15) is 0 Å². The van der Waals surface area contributed by atoms with E-state index in [4.69, 9.17) is 9.72 Å².